The summed E-state index contributed by atoms with van der Waals surface area (Å²) >= 11 is 6.30. The molecule has 0 unspecified atom stereocenters. The van der Waals surface area contributed by atoms with E-state index in [9.17, 15) is 4.79 Å². The van der Waals surface area contributed by atoms with E-state index in [1.54, 1.807) is 30.3 Å². The van der Waals surface area contributed by atoms with Gasteiger partial charge in [0.25, 0.3) is 5.91 Å². The number of rotatable bonds is 3. The van der Waals surface area contributed by atoms with Gasteiger partial charge < -0.3 is 19.4 Å². The number of benzene rings is 2. The van der Waals surface area contributed by atoms with Gasteiger partial charge in [0, 0.05) is 28.8 Å². The van der Waals surface area contributed by atoms with Crippen molar-refractivity contribution in [3.8, 4) is 17.2 Å². The van der Waals surface area contributed by atoms with E-state index in [4.69, 9.17) is 21.1 Å². The summed E-state index contributed by atoms with van der Waals surface area (Å²) in [5, 5.41) is 3.28. The SMILES string of the molecule is Cc1ccc(C)n1-c1ccc(Cl)c(C(=O)Nc2ccc3c(c2)OCCO3)c1. The molecule has 0 bridgehead atoms. The number of hydrogen-bond acceptors (Lipinski definition) is 3. The Kier molecular flexibility index (Phi) is 4.54. The van der Waals surface area contributed by atoms with Gasteiger partial charge in [0.15, 0.2) is 11.5 Å². The monoisotopic (exact) mass is 382 g/mol. The number of nitrogens with zero attached hydrogens (tertiary/aromatic N) is 1. The molecule has 0 saturated heterocycles. The lowest BCUT2D eigenvalue weighted by Crippen LogP contribution is -2.17. The summed E-state index contributed by atoms with van der Waals surface area (Å²) < 4.78 is 13.1. The van der Waals surface area contributed by atoms with Crippen LogP contribution in [0.5, 0.6) is 11.5 Å². The van der Waals surface area contributed by atoms with E-state index in [-0.39, 0.29) is 5.91 Å². The number of aryl methyl sites for hydroxylation is 2. The molecule has 0 spiro atoms. The van der Waals surface area contributed by atoms with Crippen molar-refractivity contribution >= 4 is 23.2 Å². The van der Waals surface area contributed by atoms with Crippen LogP contribution in [-0.2, 0) is 0 Å². The molecule has 1 aliphatic heterocycles. The minimum Gasteiger partial charge on any atom is -0.486 e. The first kappa shape index (κ1) is 17.5. The molecule has 1 aliphatic rings. The molecule has 1 aromatic heterocycles. The van der Waals surface area contributed by atoms with Crippen LogP contribution >= 0.6 is 11.6 Å². The fourth-order valence-corrected chi connectivity index (χ4v) is 3.42. The average Bonchev–Trinajstić information content (AvgIpc) is 3.00. The number of carbonyl (C=O) groups is 1. The van der Waals surface area contributed by atoms with Gasteiger partial charge in [0.2, 0.25) is 0 Å². The van der Waals surface area contributed by atoms with Crippen LogP contribution in [0.3, 0.4) is 0 Å². The van der Waals surface area contributed by atoms with Crippen molar-refractivity contribution in [3.05, 3.63) is 70.5 Å². The van der Waals surface area contributed by atoms with Crippen LogP contribution in [0, 0.1) is 13.8 Å². The predicted octanol–water partition coefficient (Wildman–Crippen LogP) is 4.77. The lowest BCUT2D eigenvalue weighted by Gasteiger charge is -2.19. The quantitative estimate of drug-likeness (QED) is 0.709. The van der Waals surface area contributed by atoms with Crippen LogP contribution in [0.15, 0.2) is 48.5 Å². The van der Waals surface area contributed by atoms with Gasteiger partial charge in [0.05, 0.1) is 10.6 Å². The second-order valence-corrected chi connectivity index (χ2v) is 6.84. The highest BCUT2D eigenvalue weighted by Gasteiger charge is 2.16. The second kappa shape index (κ2) is 7.00. The number of anilines is 1. The molecule has 2 aromatic carbocycles. The van der Waals surface area contributed by atoms with Crippen molar-refractivity contribution in [2.45, 2.75) is 13.8 Å². The van der Waals surface area contributed by atoms with Gasteiger partial charge in [-0.3, -0.25) is 4.79 Å². The zero-order chi connectivity index (χ0) is 19.0. The van der Waals surface area contributed by atoms with Gasteiger partial charge in [-0.2, -0.15) is 0 Å². The third-order valence-electron chi connectivity index (χ3n) is 4.52. The number of ether oxygens (including phenoxy) is 2. The molecule has 0 fully saturated rings. The van der Waals surface area contributed by atoms with Gasteiger partial charge in [-0.25, -0.2) is 0 Å². The minimum absolute atomic E-state index is 0.277. The van der Waals surface area contributed by atoms with Gasteiger partial charge in [-0.15, -0.1) is 0 Å². The van der Waals surface area contributed by atoms with Crippen molar-refractivity contribution < 1.29 is 14.3 Å². The summed E-state index contributed by atoms with van der Waals surface area (Å²) in [5.74, 6) is 1.02. The summed E-state index contributed by atoms with van der Waals surface area (Å²) in [6, 6.07) is 14.9. The van der Waals surface area contributed by atoms with Crippen molar-refractivity contribution in [1.82, 2.24) is 4.57 Å². The first-order valence-electron chi connectivity index (χ1n) is 8.69. The molecule has 3 aromatic rings. The third kappa shape index (κ3) is 3.38. The summed E-state index contributed by atoms with van der Waals surface area (Å²) in [4.78, 5) is 12.8. The number of halogens is 1. The molecule has 1 N–H and O–H groups in total. The lowest BCUT2D eigenvalue weighted by atomic mass is 10.1. The molecule has 1 amide bonds. The Morgan fingerprint density at radius 2 is 1.67 bits per heavy atom. The molecule has 0 atom stereocenters. The molecule has 27 heavy (non-hydrogen) atoms. The van der Waals surface area contributed by atoms with Gasteiger partial charge >= 0.3 is 0 Å². The van der Waals surface area contributed by atoms with Crippen LogP contribution in [0.1, 0.15) is 21.7 Å². The summed E-state index contributed by atoms with van der Waals surface area (Å²) in [6.07, 6.45) is 0. The molecule has 0 aliphatic carbocycles. The standard InChI is InChI=1S/C21H19ClN2O3/c1-13-3-4-14(2)24(13)16-6-7-18(22)17(12-16)21(25)23-15-5-8-19-20(11-15)27-10-9-26-19/h3-8,11-12H,9-10H2,1-2H3,(H,23,25). The number of amides is 1. The minimum atomic E-state index is -0.277. The Morgan fingerprint density at radius 3 is 2.41 bits per heavy atom. The smallest absolute Gasteiger partial charge is 0.257 e. The average molecular weight is 383 g/mol. The zero-order valence-corrected chi connectivity index (χ0v) is 15.8. The molecule has 6 heteroatoms. The molecule has 0 saturated carbocycles. The summed E-state index contributed by atoms with van der Waals surface area (Å²) in [6.45, 7) is 5.07. The number of hydrogen-bond donors (Lipinski definition) is 1. The fourth-order valence-electron chi connectivity index (χ4n) is 3.22. The maximum atomic E-state index is 12.8. The van der Waals surface area contributed by atoms with Crippen LogP contribution in [-0.4, -0.2) is 23.7 Å². The molecule has 2 heterocycles. The Morgan fingerprint density at radius 1 is 0.963 bits per heavy atom. The fraction of sp³-hybridized carbons (Fsp3) is 0.190. The van der Waals surface area contributed by atoms with Crippen molar-refractivity contribution in [2.24, 2.45) is 0 Å². The van der Waals surface area contributed by atoms with Crippen LogP contribution in [0.4, 0.5) is 5.69 Å². The van der Waals surface area contributed by atoms with E-state index in [2.05, 4.69) is 9.88 Å². The molecule has 0 radical (unpaired) electrons. The number of carbonyl (C=O) groups excluding carboxylic acids is 1. The van der Waals surface area contributed by atoms with E-state index >= 15 is 0 Å². The lowest BCUT2D eigenvalue weighted by molar-refractivity contribution is 0.102. The van der Waals surface area contributed by atoms with Gasteiger partial charge in [0.1, 0.15) is 13.2 Å². The topological polar surface area (TPSA) is 52.5 Å². The largest absolute Gasteiger partial charge is 0.486 e. The maximum Gasteiger partial charge on any atom is 0.257 e. The molecule has 4 rings (SSSR count). The van der Waals surface area contributed by atoms with Crippen molar-refractivity contribution in [3.63, 3.8) is 0 Å². The van der Waals surface area contributed by atoms with E-state index in [0.29, 0.717) is 41.0 Å². The molecular weight excluding hydrogens is 364 g/mol. The summed E-state index contributed by atoms with van der Waals surface area (Å²) in [7, 11) is 0. The Labute approximate surface area is 162 Å². The Balaban J connectivity index is 1.63. The highest BCUT2D eigenvalue weighted by molar-refractivity contribution is 6.34. The van der Waals surface area contributed by atoms with Crippen LogP contribution in [0.2, 0.25) is 5.02 Å². The van der Waals surface area contributed by atoms with Gasteiger partial charge in [-0.1, -0.05) is 11.6 Å². The predicted molar refractivity (Wildman–Crippen MR) is 106 cm³/mol. The van der Waals surface area contributed by atoms with Crippen LogP contribution < -0.4 is 14.8 Å². The van der Waals surface area contributed by atoms with E-state index in [1.807, 2.05) is 32.0 Å². The highest BCUT2D eigenvalue weighted by Crippen LogP contribution is 2.33. The molecule has 138 valence electrons. The first-order chi connectivity index (χ1) is 13.0. The molecular formula is C21H19ClN2O3. The maximum absolute atomic E-state index is 12.8. The normalized spacial score (nSPS) is 12.7. The number of nitrogens with one attached hydrogen (secondary N) is 1. The Bertz CT molecular complexity index is 1010. The molecule has 5 nitrogen and oxygen atoms in total. The van der Waals surface area contributed by atoms with Crippen molar-refractivity contribution in [2.75, 3.05) is 18.5 Å². The van der Waals surface area contributed by atoms with E-state index in [0.717, 1.165) is 17.1 Å². The van der Waals surface area contributed by atoms with E-state index < -0.39 is 0 Å². The van der Waals surface area contributed by atoms with E-state index in [1.165, 1.54) is 0 Å². The zero-order valence-electron chi connectivity index (χ0n) is 15.1. The highest BCUT2D eigenvalue weighted by atomic mass is 35.5. The third-order valence-corrected chi connectivity index (χ3v) is 4.85. The van der Waals surface area contributed by atoms with Crippen molar-refractivity contribution in [1.29, 1.82) is 0 Å². The number of aromatic nitrogens is 1. The van der Waals surface area contributed by atoms with Crippen LogP contribution in [0.25, 0.3) is 5.69 Å². The Hall–Kier alpha value is -2.92. The summed E-state index contributed by atoms with van der Waals surface area (Å²) in [5.41, 5.74) is 4.11. The first-order valence-corrected chi connectivity index (χ1v) is 9.06. The van der Waals surface area contributed by atoms with Gasteiger partial charge in [-0.05, 0) is 56.3 Å². The number of fused-ring (bicyclic) bond motifs is 1. The second-order valence-electron chi connectivity index (χ2n) is 6.43.